The lowest BCUT2D eigenvalue weighted by atomic mass is 10.1. The first-order valence-electron chi connectivity index (χ1n) is 8.14. The maximum Gasteiger partial charge on any atom is 0.0541 e. The van der Waals surface area contributed by atoms with Crippen LogP contribution < -0.4 is 0 Å². The van der Waals surface area contributed by atoms with Gasteiger partial charge in [0.2, 0.25) is 0 Å². The van der Waals surface area contributed by atoms with Crippen LogP contribution in [0, 0.1) is 0 Å². The first-order valence-corrected chi connectivity index (χ1v) is 8.14. The summed E-state index contributed by atoms with van der Waals surface area (Å²) in [5, 5.41) is 19.3. The smallest absolute Gasteiger partial charge is 0.0541 e. The van der Waals surface area contributed by atoms with E-state index in [9.17, 15) is 10.2 Å². The van der Waals surface area contributed by atoms with Gasteiger partial charge in [-0.15, -0.1) is 0 Å². The number of aliphatic hydroxyl groups excluding tert-OH is 2. The Morgan fingerprint density at radius 2 is 1.05 bits per heavy atom. The summed E-state index contributed by atoms with van der Waals surface area (Å²) >= 11 is 0. The summed E-state index contributed by atoms with van der Waals surface area (Å²) in [6.07, 6.45) is 9.60. The molecule has 2 N–H and O–H groups in total. The van der Waals surface area contributed by atoms with Crippen LogP contribution in [0.5, 0.6) is 0 Å². The fourth-order valence-corrected chi connectivity index (χ4v) is 2.11. The van der Waals surface area contributed by atoms with E-state index in [1.54, 1.807) is 0 Å². The van der Waals surface area contributed by atoms with E-state index in [-0.39, 0.29) is 12.2 Å². The van der Waals surface area contributed by atoms with E-state index in [1.807, 2.05) is 0 Å². The van der Waals surface area contributed by atoms with Gasteiger partial charge in [-0.2, -0.15) is 0 Å². The summed E-state index contributed by atoms with van der Waals surface area (Å²) in [5.41, 5.74) is 0. The maximum atomic E-state index is 9.65. The largest absolute Gasteiger partial charge is 0.393 e. The molecule has 0 saturated heterocycles. The van der Waals surface area contributed by atoms with Crippen LogP contribution in [0.2, 0.25) is 0 Å². The molecule has 0 rings (SSSR count). The van der Waals surface area contributed by atoms with Crippen LogP contribution in [-0.2, 0) is 4.74 Å². The highest BCUT2D eigenvalue weighted by Crippen LogP contribution is 2.08. The van der Waals surface area contributed by atoms with Crippen molar-refractivity contribution in [3.8, 4) is 0 Å². The summed E-state index contributed by atoms with van der Waals surface area (Å²) in [5.74, 6) is 0. The summed E-state index contributed by atoms with van der Waals surface area (Å²) in [7, 11) is 0. The lowest BCUT2D eigenvalue weighted by Gasteiger charge is -2.11. The molecule has 0 fully saturated rings. The SMILES string of the molecule is CCCCC(O)CCCOCCCC(O)CCCC. The van der Waals surface area contributed by atoms with Crippen LogP contribution in [-0.4, -0.2) is 35.6 Å². The molecule has 0 aromatic rings. The van der Waals surface area contributed by atoms with Crippen molar-refractivity contribution in [3.05, 3.63) is 0 Å². The minimum atomic E-state index is -0.153. The molecule has 0 aliphatic heterocycles. The molecule has 0 heterocycles. The van der Waals surface area contributed by atoms with Gasteiger partial charge in [-0.3, -0.25) is 0 Å². The number of hydrogen-bond donors (Lipinski definition) is 2. The third-order valence-corrected chi connectivity index (χ3v) is 3.43. The molecule has 0 aromatic carbocycles. The van der Waals surface area contributed by atoms with E-state index in [0.29, 0.717) is 0 Å². The zero-order valence-electron chi connectivity index (χ0n) is 12.9. The van der Waals surface area contributed by atoms with Crippen LogP contribution in [0.15, 0.2) is 0 Å². The van der Waals surface area contributed by atoms with Crippen LogP contribution in [0.4, 0.5) is 0 Å². The van der Waals surface area contributed by atoms with Gasteiger partial charge in [-0.25, -0.2) is 0 Å². The Morgan fingerprint density at radius 1 is 0.684 bits per heavy atom. The van der Waals surface area contributed by atoms with Crippen molar-refractivity contribution in [2.24, 2.45) is 0 Å². The standard InChI is InChI=1S/C16H34O3/c1-3-5-9-15(17)11-7-13-19-14-8-12-16(18)10-6-4-2/h15-18H,3-14H2,1-2H3. The van der Waals surface area contributed by atoms with Gasteiger partial charge in [-0.1, -0.05) is 39.5 Å². The molecule has 3 heteroatoms. The van der Waals surface area contributed by atoms with Crippen molar-refractivity contribution in [2.75, 3.05) is 13.2 Å². The average molecular weight is 274 g/mol. The molecule has 116 valence electrons. The average Bonchev–Trinajstić information content (AvgIpc) is 2.41. The zero-order chi connectivity index (χ0) is 14.3. The van der Waals surface area contributed by atoms with Crippen molar-refractivity contribution in [2.45, 2.75) is 90.3 Å². The Labute approximate surface area is 119 Å². The lowest BCUT2D eigenvalue weighted by Crippen LogP contribution is -2.10. The van der Waals surface area contributed by atoms with Gasteiger partial charge in [0.05, 0.1) is 12.2 Å². The second-order valence-electron chi connectivity index (χ2n) is 5.49. The Hall–Kier alpha value is -0.120. The van der Waals surface area contributed by atoms with E-state index in [4.69, 9.17) is 4.74 Å². The second kappa shape index (κ2) is 14.3. The Bertz CT molecular complexity index is 155. The molecule has 2 atom stereocenters. The van der Waals surface area contributed by atoms with Gasteiger partial charge in [0, 0.05) is 13.2 Å². The molecule has 0 aromatic heterocycles. The highest BCUT2D eigenvalue weighted by atomic mass is 16.5. The number of ether oxygens (including phenoxy) is 1. The molecule has 2 unspecified atom stereocenters. The number of rotatable bonds is 14. The van der Waals surface area contributed by atoms with Gasteiger partial charge in [0.25, 0.3) is 0 Å². The molecular weight excluding hydrogens is 240 g/mol. The quantitative estimate of drug-likeness (QED) is 0.475. The molecule has 3 nitrogen and oxygen atoms in total. The molecule has 19 heavy (non-hydrogen) atoms. The van der Waals surface area contributed by atoms with Crippen LogP contribution in [0.1, 0.15) is 78.1 Å². The maximum absolute atomic E-state index is 9.65. The van der Waals surface area contributed by atoms with Crippen molar-refractivity contribution in [3.63, 3.8) is 0 Å². The fourth-order valence-electron chi connectivity index (χ4n) is 2.11. The van der Waals surface area contributed by atoms with Crippen LogP contribution in [0.3, 0.4) is 0 Å². The molecule has 0 amide bonds. The molecule has 0 aliphatic carbocycles. The highest BCUT2D eigenvalue weighted by molar-refractivity contribution is 4.57. The van der Waals surface area contributed by atoms with Gasteiger partial charge >= 0.3 is 0 Å². The molecular formula is C16H34O3. The van der Waals surface area contributed by atoms with E-state index < -0.39 is 0 Å². The van der Waals surface area contributed by atoms with Gasteiger partial charge in [-0.05, 0) is 38.5 Å². The minimum Gasteiger partial charge on any atom is -0.393 e. The third-order valence-electron chi connectivity index (χ3n) is 3.43. The van der Waals surface area contributed by atoms with Crippen molar-refractivity contribution in [1.29, 1.82) is 0 Å². The predicted molar refractivity (Wildman–Crippen MR) is 80.4 cm³/mol. The van der Waals surface area contributed by atoms with E-state index in [0.717, 1.165) is 77.4 Å². The summed E-state index contributed by atoms with van der Waals surface area (Å²) in [6, 6.07) is 0. The first kappa shape index (κ1) is 18.9. The topological polar surface area (TPSA) is 49.7 Å². The molecule has 0 spiro atoms. The monoisotopic (exact) mass is 274 g/mol. The van der Waals surface area contributed by atoms with Gasteiger partial charge in [0.1, 0.15) is 0 Å². The van der Waals surface area contributed by atoms with Crippen LogP contribution >= 0.6 is 0 Å². The number of aliphatic hydroxyl groups is 2. The van der Waals surface area contributed by atoms with Crippen molar-refractivity contribution >= 4 is 0 Å². The van der Waals surface area contributed by atoms with E-state index in [2.05, 4.69) is 13.8 Å². The molecule has 0 aliphatic rings. The number of unbranched alkanes of at least 4 members (excludes halogenated alkanes) is 2. The number of hydrogen-bond acceptors (Lipinski definition) is 3. The minimum absolute atomic E-state index is 0.153. The third kappa shape index (κ3) is 14.1. The Morgan fingerprint density at radius 3 is 1.42 bits per heavy atom. The highest BCUT2D eigenvalue weighted by Gasteiger charge is 2.04. The van der Waals surface area contributed by atoms with Gasteiger partial charge in [0.15, 0.2) is 0 Å². The van der Waals surface area contributed by atoms with Crippen molar-refractivity contribution < 1.29 is 14.9 Å². The molecule has 0 bridgehead atoms. The second-order valence-corrected chi connectivity index (χ2v) is 5.49. The van der Waals surface area contributed by atoms with Gasteiger partial charge < -0.3 is 14.9 Å². The first-order chi connectivity index (χ1) is 9.20. The predicted octanol–water partition coefficient (Wildman–Crippen LogP) is 3.67. The van der Waals surface area contributed by atoms with Crippen molar-refractivity contribution in [1.82, 2.24) is 0 Å². The summed E-state index contributed by atoms with van der Waals surface area (Å²) < 4.78 is 5.52. The summed E-state index contributed by atoms with van der Waals surface area (Å²) in [6.45, 7) is 5.75. The Balaban J connectivity index is 3.18. The van der Waals surface area contributed by atoms with E-state index in [1.165, 1.54) is 0 Å². The Kier molecular flexibility index (Phi) is 14.2. The lowest BCUT2D eigenvalue weighted by molar-refractivity contribution is 0.0874. The summed E-state index contributed by atoms with van der Waals surface area (Å²) in [4.78, 5) is 0. The van der Waals surface area contributed by atoms with Crippen LogP contribution in [0.25, 0.3) is 0 Å². The fraction of sp³-hybridized carbons (Fsp3) is 1.00. The van der Waals surface area contributed by atoms with E-state index >= 15 is 0 Å². The molecule has 0 saturated carbocycles. The molecule has 0 radical (unpaired) electrons. The zero-order valence-corrected chi connectivity index (χ0v) is 12.9. The normalized spacial score (nSPS) is 14.5.